The summed E-state index contributed by atoms with van der Waals surface area (Å²) in [6.07, 6.45) is 3.05. The minimum Gasteiger partial charge on any atom is -0.345 e. The summed E-state index contributed by atoms with van der Waals surface area (Å²) in [5.74, 6) is 1.48. The third-order valence-corrected chi connectivity index (χ3v) is 2.99. The summed E-state index contributed by atoms with van der Waals surface area (Å²) in [6.45, 7) is 7.32. The molecule has 4 heteroatoms. The normalized spacial score (nSPS) is 17.0. The van der Waals surface area contributed by atoms with E-state index in [1.807, 2.05) is 11.9 Å². The van der Waals surface area contributed by atoms with Gasteiger partial charge in [0.25, 0.3) is 0 Å². The van der Waals surface area contributed by atoms with Crippen LogP contribution >= 0.6 is 12.4 Å². The van der Waals surface area contributed by atoms with Crippen LogP contribution in [0.1, 0.15) is 33.1 Å². The molecule has 0 aromatic rings. The minimum atomic E-state index is 0. The Labute approximate surface area is 105 Å². The lowest BCUT2D eigenvalue weighted by atomic mass is 9.94. The number of nitrogens with zero attached hydrogens (tertiary/aromatic N) is 1. The zero-order valence-corrected chi connectivity index (χ0v) is 11.5. The van der Waals surface area contributed by atoms with Gasteiger partial charge in [-0.25, -0.2) is 0 Å². The number of nitrogens with one attached hydrogen (secondary N) is 1. The molecule has 0 radical (unpaired) electrons. The Morgan fingerprint density at radius 1 is 1.38 bits per heavy atom. The summed E-state index contributed by atoms with van der Waals surface area (Å²) in [7, 11) is 1.92. The molecule has 16 heavy (non-hydrogen) atoms. The number of amides is 1. The van der Waals surface area contributed by atoms with Crippen molar-refractivity contribution in [2.24, 2.45) is 11.8 Å². The van der Waals surface area contributed by atoms with Crippen LogP contribution in [0, 0.1) is 11.8 Å². The fraction of sp³-hybridized carbons (Fsp3) is 0.917. The molecule has 0 spiro atoms. The standard InChI is InChI=1S/C12H24N2O.ClH/c1-10(2)9-14(3)12(15)8-11-4-6-13-7-5-11;/h10-11,13H,4-9H2,1-3H3;1H. The van der Waals surface area contributed by atoms with Crippen molar-refractivity contribution in [2.75, 3.05) is 26.7 Å². The lowest BCUT2D eigenvalue weighted by Crippen LogP contribution is -2.34. The quantitative estimate of drug-likeness (QED) is 0.825. The molecule has 1 N–H and O–H groups in total. The van der Waals surface area contributed by atoms with Crippen LogP contribution < -0.4 is 5.32 Å². The van der Waals surface area contributed by atoms with E-state index in [0.717, 1.165) is 38.9 Å². The highest BCUT2D eigenvalue weighted by Crippen LogP contribution is 2.17. The Balaban J connectivity index is 0.00000225. The Morgan fingerprint density at radius 2 is 1.94 bits per heavy atom. The summed E-state index contributed by atoms with van der Waals surface area (Å²) in [4.78, 5) is 13.7. The zero-order chi connectivity index (χ0) is 11.3. The molecule has 0 atom stereocenters. The molecule has 0 aromatic carbocycles. The molecular weight excluding hydrogens is 224 g/mol. The predicted octanol–water partition coefficient (Wildman–Crippen LogP) is 1.91. The number of carbonyl (C=O) groups excluding carboxylic acids is 1. The van der Waals surface area contributed by atoms with E-state index < -0.39 is 0 Å². The fourth-order valence-corrected chi connectivity index (χ4v) is 2.14. The topological polar surface area (TPSA) is 32.3 Å². The van der Waals surface area contributed by atoms with Gasteiger partial charge in [-0.05, 0) is 37.8 Å². The average Bonchev–Trinajstić information content (AvgIpc) is 2.18. The maximum absolute atomic E-state index is 11.9. The van der Waals surface area contributed by atoms with E-state index >= 15 is 0 Å². The first kappa shape index (κ1) is 15.7. The van der Waals surface area contributed by atoms with Crippen LogP contribution in [0.2, 0.25) is 0 Å². The summed E-state index contributed by atoms with van der Waals surface area (Å²) < 4.78 is 0. The monoisotopic (exact) mass is 248 g/mol. The molecule has 0 unspecified atom stereocenters. The van der Waals surface area contributed by atoms with Crippen LogP contribution in [0.5, 0.6) is 0 Å². The van der Waals surface area contributed by atoms with Gasteiger partial charge in [0.1, 0.15) is 0 Å². The van der Waals surface area contributed by atoms with Gasteiger partial charge in [0.2, 0.25) is 5.91 Å². The van der Waals surface area contributed by atoms with Crippen LogP contribution in [-0.4, -0.2) is 37.5 Å². The van der Waals surface area contributed by atoms with Crippen LogP contribution in [0.3, 0.4) is 0 Å². The zero-order valence-electron chi connectivity index (χ0n) is 10.7. The lowest BCUT2D eigenvalue weighted by Gasteiger charge is -2.25. The molecule has 0 saturated carbocycles. The molecule has 1 rings (SSSR count). The largest absolute Gasteiger partial charge is 0.345 e. The predicted molar refractivity (Wildman–Crippen MR) is 69.9 cm³/mol. The number of hydrogen-bond acceptors (Lipinski definition) is 2. The van der Waals surface area contributed by atoms with Crippen molar-refractivity contribution in [3.05, 3.63) is 0 Å². The van der Waals surface area contributed by atoms with Crippen molar-refractivity contribution >= 4 is 18.3 Å². The van der Waals surface area contributed by atoms with Crippen molar-refractivity contribution in [3.63, 3.8) is 0 Å². The smallest absolute Gasteiger partial charge is 0.222 e. The van der Waals surface area contributed by atoms with Crippen molar-refractivity contribution in [3.8, 4) is 0 Å². The van der Waals surface area contributed by atoms with Gasteiger partial charge in [-0.3, -0.25) is 4.79 Å². The van der Waals surface area contributed by atoms with Gasteiger partial charge in [-0.15, -0.1) is 12.4 Å². The van der Waals surface area contributed by atoms with Gasteiger partial charge in [-0.1, -0.05) is 13.8 Å². The van der Waals surface area contributed by atoms with E-state index in [-0.39, 0.29) is 12.4 Å². The lowest BCUT2D eigenvalue weighted by molar-refractivity contribution is -0.131. The Hall–Kier alpha value is -0.280. The van der Waals surface area contributed by atoms with E-state index in [0.29, 0.717) is 17.7 Å². The summed E-state index contributed by atoms with van der Waals surface area (Å²) in [6, 6.07) is 0. The van der Waals surface area contributed by atoms with Gasteiger partial charge < -0.3 is 10.2 Å². The first-order valence-corrected chi connectivity index (χ1v) is 6.04. The molecule has 96 valence electrons. The van der Waals surface area contributed by atoms with Crippen molar-refractivity contribution in [1.29, 1.82) is 0 Å². The average molecular weight is 249 g/mol. The number of halogens is 1. The maximum atomic E-state index is 11.9. The summed E-state index contributed by atoms with van der Waals surface area (Å²) in [5.41, 5.74) is 0. The first-order valence-electron chi connectivity index (χ1n) is 6.04. The van der Waals surface area contributed by atoms with E-state index in [4.69, 9.17) is 0 Å². The fourth-order valence-electron chi connectivity index (χ4n) is 2.14. The molecular formula is C12H25ClN2O. The highest BCUT2D eigenvalue weighted by molar-refractivity contribution is 5.85. The van der Waals surface area contributed by atoms with E-state index in [1.54, 1.807) is 0 Å². The molecule has 1 saturated heterocycles. The number of piperidine rings is 1. The molecule has 1 aliphatic rings. The van der Waals surface area contributed by atoms with E-state index in [2.05, 4.69) is 19.2 Å². The minimum absolute atomic E-state index is 0. The van der Waals surface area contributed by atoms with Crippen molar-refractivity contribution in [2.45, 2.75) is 33.1 Å². The molecule has 3 nitrogen and oxygen atoms in total. The molecule has 0 aliphatic carbocycles. The van der Waals surface area contributed by atoms with Gasteiger partial charge in [0.15, 0.2) is 0 Å². The van der Waals surface area contributed by atoms with E-state index in [9.17, 15) is 4.79 Å². The third kappa shape index (κ3) is 5.71. The third-order valence-electron chi connectivity index (χ3n) is 2.99. The second kappa shape index (κ2) is 7.91. The van der Waals surface area contributed by atoms with Gasteiger partial charge in [-0.2, -0.15) is 0 Å². The molecule has 1 heterocycles. The number of rotatable bonds is 4. The second-order valence-corrected chi connectivity index (χ2v) is 5.07. The first-order chi connectivity index (χ1) is 7.09. The molecule has 1 amide bonds. The molecule has 1 fully saturated rings. The van der Waals surface area contributed by atoms with Crippen LogP contribution in [0.25, 0.3) is 0 Å². The van der Waals surface area contributed by atoms with Crippen LogP contribution in [0.15, 0.2) is 0 Å². The maximum Gasteiger partial charge on any atom is 0.222 e. The molecule has 0 bridgehead atoms. The van der Waals surface area contributed by atoms with Crippen molar-refractivity contribution in [1.82, 2.24) is 10.2 Å². The van der Waals surface area contributed by atoms with E-state index in [1.165, 1.54) is 0 Å². The van der Waals surface area contributed by atoms with Crippen molar-refractivity contribution < 1.29 is 4.79 Å². The Morgan fingerprint density at radius 3 is 2.44 bits per heavy atom. The summed E-state index contributed by atoms with van der Waals surface area (Å²) >= 11 is 0. The number of carbonyl (C=O) groups is 1. The summed E-state index contributed by atoms with van der Waals surface area (Å²) in [5, 5.41) is 3.32. The van der Waals surface area contributed by atoms with Gasteiger partial charge in [0.05, 0.1) is 0 Å². The number of hydrogen-bond donors (Lipinski definition) is 1. The SMILES string of the molecule is CC(C)CN(C)C(=O)CC1CCNCC1.Cl. The molecule has 0 aromatic heterocycles. The highest BCUT2D eigenvalue weighted by atomic mass is 35.5. The van der Waals surface area contributed by atoms with Crippen LogP contribution in [0.4, 0.5) is 0 Å². The van der Waals surface area contributed by atoms with Crippen LogP contribution in [-0.2, 0) is 4.79 Å². The second-order valence-electron chi connectivity index (χ2n) is 5.07. The Kier molecular flexibility index (Phi) is 7.77. The van der Waals surface area contributed by atoms with Gasteiger partial charge >= 0.3 is 0 Å². The highest BCUT2D eigenvalue weighted by Gasteiger charge is 2.19. The Bertz CT molecular complexity index is 203. The van der Waals surface area contributed by atoms with Gasteiger partial charge in [0, 0.05) is 20.0 Å². The molecule has 1 aliphatic heterocycles.